The summed E-state index contributed by atoms with van der Waals surface area (Å²) in [5.41, 5.74) is 7.73. The molecule has 0 aliphatic heterocycles. The SMILES string of the molecule is CCn1ccn(CC(=O)Nc2ccc(C)cc2N)c1=O. The molecule has 0 atom stereocenters. The maximum atomic E-state index is 11.9. The Kier molecular flexibility index (Phi) is 3.93. The smallest absolute Gasteiger partial charge is 0.328 e. The Bertz CT molecular complexity index is 685. The maximum absolute atomic E-state index is 11.9. The maximum Gasteiger partial charge on any atom is 0.328 e. The van der Waals surface area contributed by atoms with Crippen LogP contribution in [0, 0.1) is 6.92 Å². The van der Waals surface area contributed by atoms with Gasteiger partial charge in [-0.15, -0.1) is 0 Å². The first-order valence-corrected chi connectivity index (χ1v) is 6.43. The number of imidazole rings is 1. The zero-order valence-electron chi connectivity index (χ0n) is 11.6. The summed E-state index contributed by atoms with van der Waals surface area (Å²) in [7, 11) is 0. The van der Waals surface area contributed by atoms with E-state index in [-0.39, 0.29) is 18.1 Å². The highest BCUT2D eigenvalue weighted by Gasteiger charge is 2.09. The summed E-state index contributed by atoms with van der Waals surface area (Å²) in [4.78, 5) is 23.8. The summed E-state index contributed by atoms with van der Waals surface area (Å²) in [6.07, 6.45) is 3.26. The molecule has 0 saturated heterocycles. The minimum atomic E-state index is -0.281. The number of nitrogens with two attached hydrogens (primary N) is 1. The molecule has 0 unspecified atom stereocenters. The van der Waals surface area contributed by atoms with Crippen LogP contribution in [-0.2, 0) is 17.9 Å². The zero-order chi connectivity index (χ0) is 14.7. The molecule has 2 rings (SSSR count). The van der Waals surface area contributed by atoms with Crippen molar-refractivity contribution in [1.29, 1.82) is 0 Å². The highest BCUT2D eigenvalue weighted by atomic mass is 16.2. The lowest BCUT2D eigenvalue weighted by molar-refractivity contribution is -0.116. The van der Waals surface area contributed by atoms with Crippen molar-refractivity contribution in [3.63, 3.8) is 0 Å². The van der Waals surface area contributed by atoms with Gasteiger partial charge in [0.05, 0.1) is 11.4 Å². The molecule has 0 saturated carbocycles. The van der Waals surface area contributed by atoms with Crippen LogP contribution in [0.25, 0.3) is 0 Å². The van der Waals surface area contributed by atoms with Crippen molar-refractivity contribution in [3.8, 4) is 0 Å². The quantitative estimate of drug-likeness (QED) is 0.822. The Balaban J connectivity index is 2.09. The molecule has 0 bridgehead atoms. The van der Waals surface area contributed by atoms with Crippen LogP contribution in [0.5, 0.6) is 0 Å². The van der Waals surface area contributed by atoms with Crippen LogP contribution in [0.4, 0.5) is 11.4 Å². The van der Waals surface area contributed by atoms with Gasteiger partial charge in [-0.25, -0.2) is 4.79 Å². The second-order valence-electron chi connectivity index (χ2n) is 4.63. The lowest BCUT2D eigenvalue weighted by atomic mass is 10.2. The number of aromatic nitrogens is 2. The van der Waals surface area contributed by atoms with Crippen molar-refractivity contribution in [3.05, 3.63) is 46.6 Å². The van der Waals surface area contributed by atoms with E-state index in [9.17, 15) is 9.59 Å². The minimum absolute atomic E-state index is 0.0286. The molecule has 0 aliphatic carbocycles. The number of hydrogen-bond donors (Lipinski definition) is 2. The fourth-order valence-electron chi connectivity index (χ4n) is 1.95. The second kappa shape index (κ2) is 5.64. The molecule has 1 aromatic heterocycles. The Labute approximate surface area is 116 Å². The first kappa shape index (κ1) is 13.9. The summed E-state index contributed by atoms with van der Waals surface area (Å²) in [5.74, 6) is -0.281. The standard InChI is InChI=1S/C14H18N4O2/c1-3-17-6-7-18(14(17)20)9-13(19)16-12-5-4-10(2)8-11(12)15/h4-8H,3,9,15H2,1-2H3,(H,16,19). The molecule has 1 amide bonds. The number of carbonyl (C=O) groups is 1. The summed E-state index contributed by atoms with van der Waals surface area (Å²) in [6.45, 7) is 4.35. The minimum Gasteiger partial charge on any atom is -0.397 e. The normalized spacial score (nSPS) is 10.5. The number of benzene rings is 1. The van der Waals surface area contributed by atoms with Crippen molar-refractivity contribution >= 4 is 17.3 Å². The van der Waals surface area contributed by atoms with Crippen LogP contribution < -0.4 is 16.7 Å². The van der Waals surface area contributed by atoms with Crippen LogP contribution in [0.1, 0.15) is 12.5 Å². The third kappa shape index (κ3) is 2.90. The van der Waals surface area contributed by atoms with E-state index in [1.54, 1.807) is 24.5 Å². The van der Waals surface area contributed by atoms with Crippen molar-refractivity contribution in [2.75, 3.05) is 11.1 Å². The first-order valence-electron chi connectivity index (χ1n) is 6.43. The molecule has 6 heteroatoms. The average Bonchev–Trinajstić information content (AvgIpc) is 2.74. The van der Waals surface area contributed by atoms with Crippen LogP contribution in [0.3, 0.4) is 0 Å². The largest absolute Gasteiger partial charge is 0.397 e. The number of rotatable bonds is 4. The molecular weight excluding hydrogens is 256 g/mol. The van der Waals surface area contributed by atoms with Gasteiger partial charge in [0.25, 0.3) is 0 Å². The fourth-order valence-corrected chi connectivity index (χ4v) is 1.95. The summed E-state index contributed by atoms with van der Waals surface area (Å²) < 4.78 is 2.90. The third-order valence-corrected chi connectivity index (χ3v) is 3.05. The highest BCUT2D eigenvalue weighted by molar-refractivity contribution is 5.93. The highest BCUT2D eigenvalue weighted by Crippen LogP contribution is 2.19. The van der Waals surface area contributed by atoms with Crippen molar-refractivity contribution in [1.82, 2.24) is 9.13 Å². The average molecular weight is 274 g/mol. The number of carbonyl (C=O) groups excluding carboxylic acids is 1. The van der Waals surface area contributed by atoms with Crippen LogP contribution in [0.2, 0.25) is 0 Å². The summed E-state index contributed by atoms with van der Waals surface area (Å²) >= 11 is 0. The van der Waals surface area contributed by atoms with Gasteiger partial charge < -0.3 is 11.1 Å². The molecule has 2 aromatic rings. The van der Waals surface area contributed by atoms with Gasteiger partial charge in [0.2, 0.25) is 5.91 Å². The van der Waals surface area contributed by atoms with Gasteiger partial charge in [-0.05, 0) is 31.5 Å². The Morgan fingerprint density at radius 3 is 2.60 bits per heavy atom. The Morgan fingerprint density at radius 1 is 1.30 bits per heavy atom. The fraction of sp³-hybridized carbons (Fsp3) is 0.286. The molecule has 0 spiro atoms. The van der Waals surface area contributed by atoms with E-state index in [1.807, 2.05) is 19.9 Å². The van der Waals surface area contributed by atoms with E-state index in [1.165, 1.54) is 9.13 Å². The zero-order valence-corrected chi connectivity index (χ0v) is 11.6. The lowest BCUT2D eigenvalue weighted by Crippen LogP contribution is -2.29. The van der Waals surface area contributed by atoms with Crippen molar-refractivity contribution in [2.45, 2.75) is 26.9 Å². The number of nitrogen functional groups attached to an aromatic ring is 1. The van der Waals surface area contributed by atoms with E-state index >= 15 is 0 Å². The predicted molar refractivity (Wildman–Crippen MR) is 78.6 cm³/mol. The molecule has 1 aromatic carbocycles. The van der Waals surface area contributed by atoms with Gasteiger partial charge in [0, 0.05) is 18.9 Å². The predicted octanol–water partition coefficient (Wildman–Crippen LogP) is 1.20. The molecule has 0 aliphatic rings. The molecule has 6 nitrogen and oxygen atoms in total. The van der Waals surface area contributed by atoms with Crippen LogP contribution in [-0.4, -0.2) is 15.0 Å². The molecule has 3 N–H and O–H groups in total. The number of amides is 1. The van der Waals surface area contributed by atoms with Gasteiger partial charge >= 0.3 is 5.69 Å². The van der Waals surface area contributed by atoms with Gasteiger partial charge in [0.15, 0.2) is 0 Å². The molecular formula is C14H18N4O2. The second-order valence-corrected chi connectivity index (χ2v) is 4.63. The van der Waals surface area contributed by atoms with E-state index < -0.39 is 0 Å². The monoisotopic (exact) mass is 274 g/mol. The number of nitrogens with zero attached hydrogens (tertiary/aromatic N) is 2. The van der Waals surface area contributed by atoms with Gasteiger partial charge in [-0.1, -0.05) is 6.07 Å². The van der Waals surface area contributed by atoms with E-state index in [0.29, 0.717) is 17.9 Å². The van der Waals surface area contributed by atoms with Crippen molar-refractivity contribution in [2.24, 2.45) is 0 Å². The van der Waals surface area contributed by atoms with E-state index in [2.05, 4.69) is 5.32 Å². The number of hydrogen-bond acceptors (Lipinski definition) is 3. The Morgan fingerprint density at radius 2 is 2.00 bits per heavy atom. The molecule has 20 heavy (non-hydrogen) atoms. The first-order chi connectivity index (χ1) is 9.51. The van der Waals surface area contributed by atoms with Gasteiger partial charge in [0.1, 0.15) is 6.54 Å². The van der Waals surface area contributed by atoms with Crippen LogP contribution >= 0.6 is 0 Å². The molecule has 1 heterocycles. The molecule has 0 fully saturated rings. The Hall–Kier alpha value is -2.50. The van der Waals surface area contributed by atoms with Crippen molar-refractivity contribution < 1.29 is 4.79 Å². The lowest BCUT2D eigenvalue weighted by Gasteiger charge is -2.09. The molecule has 106 valence electrons. The number of aryl methyl sites for hydroxylation is 2. The summed E-state index contributed by atoms with van der Waals surface area (Å²) in [5, 5.41) is 2.71. The van der Waals surface area contributed by atoms with E-state index in [4.69, 9.17) is 5.73 Å². The molecule has 0 radical (unpaired) electrons. The van der Waals surface area contributed by atoms with E-state index in [0.717, 1.165) is 5.56 Å². The number of nitrogens with one attached hydrogen (secondary N) is 1. The van der Waals surface area contributed by atoms with Crippen LogP contribution in [0.15, 0.2) is 35.4 Å². The van der Waals surface area contributed by atoms with Gasteiger partial charge in [-0.2, -0.15) is 0 Å². The topological polar surface area (TPSA) is 82.1 Å². The number of anilines is 2. The van der Waals surface area contributed by atoms with Gasteiger partial charge in [-0.3, -0.25) is 13.9 Å². The summed E-state index contributed by atoms with van der Waals surface area (Å²) in [6, 6.07) is 5.41. The third-order valence-electron chi connectivity index (χ3n) is 3.05.